The lowest BCUT2D eigenvalue weighted by molar-refractivity contribution is 0.0994. The highest BCUT2D eigenvalue weighted by atomic mass is 32.2. The number of benzene rings is 1. The highest BCUT2D eigenvalue weighted by Crippen LogP contribution is 2.38. The van der Waals surface area contributed by atoms with Gasteiger partial charge in [-0.1, -0.05) is 6.07 Å². The van der Waals surface area contributed by atoms with Gasteiger partial charge < -0.3 is 14.5 Å². The van der Waals surface area contributed by atoms with Gasteiger partial charge in [-0.05, 0) is 55.7 Å². The van der Waals surface area contributed by atoms with Crippen molar-refractivity contribution in [1.82, 2.24) is 9.97 Å². The smallest absolute Gasteiger partial charge is 0.261 e. The predicted octanol–water partition coefficient (Wildman–Crippen LogP) is 2.22. The van der Waals surface area contributed by atoms with Gasteiger partial charge in [0.25, 0.3) is 5.91 Å². The monoisotopic (exact) mass is 600 g/mol. The Kier molecular flexibility index (Phi) is 7.90. The SMILES string of the molecule is CCN1c2ncc(CCOc3cccc4c3CCS(=O)(=O)N4CCCS(N)(=O)=O)cc2C(=O)N(C)c2cccnc21. The van der Waals surface area contributed by atoms with Gasteiger partial charge in [0, 0.05) is 44.5 Å². The van der Waals surface area contributed by atoms with Crippen molar-refractivity contribution in [2.75, 3.05) is 52.4 Å². The number of anilines is 4. The molecule has 0 aliphatic carbocycles. The van der Waals surface area contributed by atoms with E-state index < -0.39 is 20.0 Å². The van der Waals surface area contributed by atoms with E-state index >= 15 is 0 Å². The van der Waals surface area contributed by atoms with Gasteiger partial charge >= 0.3 is 0 Å². The molecule has 0 saturated carbocycles. The van der Waals surface area contributed by atoms with Crippen LogP contribution in [0.4, 0.5) is 23.0 Å². The Morgan fingerprint density at radius 2 is 1.88 bits per heavy atom. The predicted molar refractivity (Wildman–Crippen MR) is 157 cm³/mol. The fraction of sp³-hybridized carbons (Fsp3) is 0.370. The first-order valence-corrected chi connectivity index (χ1v) is 16.6. The van der Waals surface area contributed by atoms with E-state index in [0.717, 1.165) is 11.1 Å². The van der Waals surface area contributed by atoms with Crippen LogP contribution in [0.25, 0.3) is 0 Å². The molecule has 5 rings (SSSR count). The molecule has 218 valence electrons. The molecule has 0 radical (unpaired) electrons. The number of carbonyl (C=O) groups excluding carboxylic acids is 1. The Hall–Kier alpha value is -3.75. The summed E-state index contributed by atoms with van der Waals surface area (Å²) in [4.78, 5) is 26.0. The van der Waals surface area contributed by atoms with Crippen molar-refractivity contribution in [3.63, 3.8) is 0 Å². The standard InChI is InChI=1S/C27H32N6O6S2/c1-3-32-25-21(27(34)31(2)23-8-5-12-29-26(23)32)17-19(18-30-25)10-14-39-24-9-4-7-22-20(24)11-16-41(37,38)33(22)13-6-15-40(28,35)36/h4-5,7-9,12,17-18H,3,6,10-11,13-16H2,1-2H3,(H2,28,35,36). The zero-order chi connectivity index (χ0) is 29.4. The summed E-state index contributed by atoms with van der Waals surface area (Å²) in [7, 11) is -5.57. The second kappa shape index (κ2) is 11.3. The van der Waals surface area contributed by atoms with Crippen molar-refractivity contribution >= 4 is 49.0 Å². The van der Waals surface area contributed by atoms with Crippen LogP contribution in [0.3, 0.4) is 0 Å². The topological polar surface area (TPSA) is 156 Å². The number of aromatic nitrogens is 2. The van der Waals surface area contributed by atoms with E-state index in [0.29, 0.717) is 47.3 Å². The van der Waals surface area contributed by atoms with Gasteiger partial charge in [0.2, 0.25) is 20.0 Å². The van der Waals surface area contributed by atoms with Crippen LogP contribution in [-0.4, -0.2) is 71.0 Å². The summed E-state index contributed by atoms with van der Waals surface area (Å²) in [5, 5.41) is 5.09. The molecule has 2 N–H and O–H groups in total. The quantitative estimate of drug-likeness (QED) is 0.389. The third-order valence-corrected chi connectivity index (χ3v) is 9.80. The highest BCUT2D eigenvalue weighted by molar-refractivity contribution is 7.92. The summed E-state index contributed by atoms with van der Waals surface area (Å²) in [6.07, 6.45) is 4.25. The van der Waals surface area contributed by atoms with Crippen LogP contribution < -0.4 is 24.0 Å². The zero-order valence-electron chi connectivity index (χ0n) is 22.9. The van der Waals surface area contributed by atoms with E-state index in [-0.39, 0.29) is 43.4 Å². The number of ether oxygens (including phenoxy) is 1. The molecule has 1 aromatic carbocycles. The Morgan fingerprint density at radius 1 is 1.10 bits per heavy atom. The molecule has 0 spiro atoms. The maximum Gasteiger partial charge on any atom is 0.261 e. The van der Waals surface area contributed by atoms with Crippen LogP contribution in [0.2, 0.25) is 0 Å². The third kappa shape index (κ3) is 5.85. The Balaban J connectivity index is 1.33. The Labute approximate surface area is 239 Å². The van der Waals surface area contributed by atoms with Crippen LogP contribution in [0, 0.1) is 0 Å². The minimum absolute atomic E-state index is 0.00660. The molecule has 2 aliphatic heterocycles. The lowest BCUT2D eigenvalue weighted by atomic mass is 10.1. The average molecular weight is 601 g/mol. The molecule has 3 aromatic rings. The fourth-order valence-electron chi connectivity index (χ4n) is 5.17. The highest BCUT2D eigenvalue weighted by Gasteiger charge is 2.32. The normalized spacial score (nSPS) is 16.1. The first-order valence-electron chi connectivity index (χ1n) is 13.3. The maximum atomic E-state index is 13.4. The maximum absolute atomic E-state index is 13.4. The molecule has 1 amide bonds. The second-order valence-electron chi connectivity index (χ2n) is 9.88. The number of rotatable bonds is 9. The summed E-state index contributed by atoms with van der Waals surface area (Å²) in [5.74, 6) is 1.18. The number of carbonyl (C=O) groups is 1. The summed E-state index contributed by atoms with van der Waals surface area (Å²) < 4.78 is 55.6. The van der Waals surface area contributed by atoms with E-state index in [4.69, 9.17) is 9.88 Å². The van der Waals surface area contributed by atoms with Crippen molar-refractivity contribution in [3.05, 3.63) is 65.5 Å². The van der Waals surface area contributed by atoms with Gasteiger partial charge in [0.15, 0.2) is 5.82 Å². The van der Waals surface area contributed by atoms with Crippen molar-refractivity contribution in [3.8, 4) is 5.75 Å². The lowest BCUT2D eigenvalue weighted by Gasteiger charge is -2.31. The molecule has 0 saturated heterocycles. The molecule has 0 unspecified atom stereocenters. The third-order valence-electron chi connectivity index (χ3n) is 7.17. The van der Waals surface area contributed by atoms with Crippen LogP contribution in [-0.2, 0) is 32.9 Å². The number of nitrogens with zero attached hydrogens (tertiary/aromatic N) is 5. The van der Waals surface area contributed by atoms with Gasteiger partial charge in [-0.15, -0.1) is 0 Å². The average Bonchev–Trinajstić information content (AvgIpc) is 3.02. The molecular weight excluding hydrogens is 568 g/mol. The van der Waals surface area contributed by atoms with Crippen LogP contribution in [0.5, 0.6) is 5.75 Å². The first-order chi connectivity index (χ1) is 19.5. The molecule has 2 aromatic heterocycles. The second-order valence-corrected chi connectivity index (χ2v) is 13.6. The summed E-state index contributed by atoms with van der Waals surface area (Å²) in [5.41, 5.74) is 3.23. The number of pyridine rings is 2. The Bertz CT molecular complexity index is 1700. The van der Waals surface area contributed by atoms with E-state index in [1.807, 2.05) is 24.0 Å². The van der Waals surface area contributed by atoms with Gasteiger partial charge in [0.05, 0.1) is 35.1 Å². The number of sulfonamides is 2. The zero-order valence-corrected chi connectivity index (χ0v) is 24.5. The van der Waals surface area contributed by atoms with Crippen molar-refractivity contribution in [1.29, 1.82) is 0 Å². The number of hydrogen-bond donors (Lipinski definition) is 1. The van der Waals surface area contributed by atoms with Gasteiger partial charge in [-0.25, -0.2) is 31.9 Å². The molecule has 4 heterocycles. The molecular formula is C27H32N6O6S2. The number of amides is 1. The van der Waals surface area contributed by atoms with Crippen LogP contribution in [0.15, 0.2) is 48.8 Å². The minimum Gasteiger partial charge on any atom is -0.493 e. The lowest BCUT2D eigenvalue weighted by Crippen LogP contribution is -2.39. The van der Waals surface area contributed by atoms with Gasteiger partial charge in [-0.3, -0.25) is 9.10 Å². The minimum atomic E-state index is -3.70. The van der Waals surface area contributed by atoms with E-state index in [2.05, 4.69) is 9.97 Å². The van der Waals surface area contributed by atoms with Crippen LogP contribution in [0.1, 0.15) is 34.8 Å². The number of fused-ring (bicyclic) bond motifs is 3. The molecule has 0 fully saturated rings. The first kappa shape index (κ1) is 28.8. The van der Waals surface area contributed by atoms with Gasteiger partial charge in [0.1, 0.15) is 11.6 Å². The number of hydrogen-bond acceptors (Lipinski definition) is 9. The van der Waals surface area contributed by atoms with E-state index in [1.165, 1.54) is 4.31 Å². The van der Waals surface area contributed by atoms with Crippen molar-refractivity contribution < 1.29 is 26.4 Å². The van der Waals surface area contributed by atoms with Crippen molar-refractivity contribution in [2.24, 2.45) is 5.14 Å². The summed E-state index contributed by atoms with van der Waals surface area (Å²) in [6.45, 7) is 2.85. The van der Waals surface area contributed by atoms with E-state index in [9.17, 15) is 21.6 Å². The molecule has 0 atom stereocenters. The summed E-state index contributed by atoms with van der Waals surface area (Å²) >= 11 is 0. The molecule has 2 aliphatic rings. The largest absolute Gasteiger partial charge is 0.493 e. The fourth-order valence-corrected chi connectivity index (χ4v) is 7.26. The molecule has 12 nitrogen and oxygen atoms in total. The molecule has 14 heteroatoms. The molecule has 0 bridgehead atoms. The number of primary sulfonamides is 1. The number of nitrogens with two attached hydrogens (primary N) is 1. The molecule has 41 heavy (non-hydrogen) atoms. The van der Waals surface area contributed by atoms with Crippen LogP contribution >= 0.6 is 0 Å². The Morgan fingerprint density at radius 3 is 2.63 bits per heavy atom. The van der Waals surface area contributed by atoms with E-state index in [1.54, 1.807) is 48.6 Å². The summed E-state index contributed by atoms with van der Waals surface area (Å²) in [6, 6.07) is 10.7. The van der Waals surface area contributed by atoms with Gasteiger partial charge in [-0.2, -0.15) is 0 Å². The van der Waals surface area contributed by atoms with Crippen molar-refractivity contribution in [2.45, 2.75) is 26.2 Å².